The van der Waals surface area contributed by atoms with Gasteiger partial charge in [0.25, 0.3) is 0 Å². The highest BCUT2D eigenvalue weighted by atomic mass is 16.5. The molecule has 0 unspecified atom stereocenters. The third kappa shape index (κ3) is 30.8. The second-order valence-corrected chi connectivity index (χ2v) is 8.03. The van der Waals surface area contributed by atoms with Gasteiger partial charge in [-0.2, -0.15) is 0 Å². The van der Waals surface area contributed by atoms with E-state index in [-0.39, 0.29) is 5.97 Å². The van der Waals surface area contributed by atoms with Crippen LogP contribution in [0.3, 0.4) is 0 Å². The molecule has 0 heterocycles. The van der Waals surface area contributed by atoms with Crippen LogP contribution in [-0.2, 0) is 14.3 Å². The molecule has 0 atom stereocenters. The average molecular weight is 373 g/mol. The molecular formula is C22H44O4. The van der Waals surface area contributed by atoms with E-state index in [0.29, 0.717) is 13.0 Å². The van der Waals surface area contributed by atoms with E-state index in [4.69, 9.17) is 9.84 Å². The van der Waals surface area contributed by atoms with Crippen LogP contribution < -0.4 is 0 Å². The van der Waals surface area contributed by atoms with Gasteiger partial charge in [0.05, 0.1) is 6.61 Å². The predicted molar refractivity (Wildman–Crippen MR) is 109 cm³/mol. The zero-order chi connectivity index (χ0) is 20.2. The van der Waals surface area contributed by atoms with Crippen LogP contribution in [0.1, 0.15) is 112 Å². The fourth-order valence-electron chi connectivity index (χ4n) is 2.58. The molecular weight excluding hydrogens is 328 g/mol. The Bertz CT molecular complexity index is 292. The minimum atomic E-state index is -0.665. The summed E-state index contributed by atoms with van der Waals surface area (Å²) < 4.78 is 4.83. The fraction of sp³-hybridized carbons (Fsp3) is 0.909. The van der Waals surface area contributed by atoms with Gasteiger partial charge in [-0.3, -0.25) is 9.59 Å². The van der Waals surface area contributed by atoms with Crippen molar-refractivity contribution in [2.75, 3.05) is 6.61 Å². The van der Waals surface area contributed by atoms with Crippen LogP contribution in [0.2, 0.25) is 0 Å². The minimum absolute atomic E-state index is 0.165. The lowest BCUT2D eigenvalue weighted by Crippen LogP contribution is -2.00. The smallest absolute Gasteiger partial charge is 0.303 e. The summed E-state index contributed by atoms with van der Waals surface area (Å²) in [6.07, 6.45) is 13.4. The molecule has 156 valence electrons. The maximum absolute atomic E-state index is 10.4. The Labute approximate surface area is 162 Å². The molecule has 0 aromatic heterocycles. The molecule has 4 nitrogen and oxygen atoms in total. The van der Waals surface area contributed by atoms with Crippen molar-refractivity contribution in [2.45, 2.75) is 112 Å². The summed E-state index contributed by atoms with van der Waals surface area (Å²) in [7, 11) is 0. The first-order valence-corrected chi connectivity index (χ1v) is 10.6. The Kier molecular flexibility index (Phi) is 21.2. The number of hydrogen-bond acceptors (Lipinski definition) is 3. The van der Waals surface area contributed by atoms with E-state index in [1.165, 1.54) is 58.3 Å². The van der Waals surface area contributed by atoms with E-state index in [2.05, 4.69) is 27.7 Å². The van der Waals surface area contributed by atoms with E-state index >= 15 is 0 Å². The normalized spacial score (nSPS) is 10.6. The van der Waals surface area contributed by atoms with Crippen LogP contribution >= 0.6 is 0 Å². The van der Waals surface area contributed by atoms with E-state index < -0.39 is 5.97 Å². The van der Waals surface area contributed by atoms with Crippen molar-refractivity contribution in [1.82, 2.24) is 0 Å². The van der Waals surface area contributed by atoms with E-state index in [0.717, 1.165) is 31.1 Å². The Morgan fingerprint density at radius 3 is 1.58 bits per heavy atom. The monoisotopic (exact) mass is 372 g/mol. The molecule has 0 aromatic rings. The van der Waals surface area contributed by atoms with E-state index in [1.807, 2.05) is 0 Å². The first-order chi connectivity index (χ1) is 12.3. The summed E-state index contributed by atoms with van der Waals surface area (Å²) in [5.41, 5.74) is 0. The average Bonchev–Trinajstić information content (AvgIpc) is 2.52. The Balaban J connectivity index is 0. The molecule has 0 saturated carbocycles. The van der Waals surface area contributed by atoms with Crippen molar-refractivity contribution in [2.24, 2.45) is 11.8 Å². The van der Waals surface area contributed by atoms with Gasteiger partial charge in [0, 0.05) is 13.3 Å². The number of carbonyl (C=O) groups is 2. The minimum Gasteiger partial charge on any atom is -0.481 e. The SMILES string of the molecule is CC(=O)OCCCCCCC(C)C.CC(C)CCCCCCCC(=O)O. The molecule has 0 aliphatic carbocycles. The maximum Gasteiger partial charge on any atom is 0.303 e. The van der Waals surface area contributed by atoms with Crippen molar-refractivity contribution < 1.29 is 19.4 Å². The summed E-state index contributed by atoms with van der Waals surface area (Å²) in [5.74, 6) is 0.789. The number of ether oxygens (including phenoxy) is 1. The number of carbonyl (C=O) groups excluding carboxylic acids is 1. The van der Waals surface area contributed by atoms with Crippen LogP contribution in [0.25, 0.3) is 0 Å². The standard InChI is InChI=1S/2C11H22O2/c1-10(2)8-6-4-5-7-9-13-11(3)12;1-10(2)8-6-4-3-5-7-9-11(12)13/h10H,4-9H2,1-3H3;10H,3-9H2,1-2H3,(H,12,13). The quantitative estimate of drug-likeness (QED) is 0.259. The molecule has 4 heteroatoms. The molecule has 0 aliphatic rings. The zero-order valence-electron chi connectivity index (χ0n) is 18.0. The van der Waals surface area contributed by atoms with Gasteiger partial charge in [0.15, 0.2) is 0 Å². The molecule has 1 N–H and O–H groups in total. The van der Waals surface area contributed by atoms with Gasteiger partial charge in [-0.05, 0) is 24.7 Å². The summed E-state index contributed by atoms with van der Waals surface area (Å²) in [6, 6.07) is 0. The molecule has 0 fully saturated rings. The number of aliphatic carboxylic acids is 1. The van der Waals surface area contributed by atoms with E-state index in [9.17, 15) is 9.59 Å². The van der Waals surface area contributed by atoms with Crippen molar-refractivity contribution >= 4 is 11.9 Å². The summed E-state index contributed by atoms with van der Waals surface area (Å²) in [6.45, 7) is 11.0. The van der Waals surface area contributed by atoms with E-state index in [1.54, 1.807) is 0 Å². The summed E-state index contributed by atoms with van der Waals surface area (Å²) >= 11 is 0. The van der Waals surface area contributed by atoms with Crippen LogP contribution in [0.5, 0.6) is 0 Å². The highest BCUT2D eigenvalue weighted by Gasteiger charge is 1.97. The topological polar surface area (TPSA) is 63.6 Å². The maximum atomic E-state index is 10.4. The van der Waals surface area contributed by atoms with Gasteiger partial charge in [-0.1, -0.05) is 85.5 Å². The molecule has 0 aromatic carbocycles. The van der Waals surface area contributed by atoms with Crippen LogP contribution in [-0.4, -0.2) is 23.7 Å². The number of carboxylic acid groups (broad SMARTS) is 1. The molecule has 26 heavy (non-hydrogen) atoms. The number of esters is 1. The molecule has 0 spiro atoms. The highest BCUT2D eigenvalue weighted by molar-refractivity contribution is 5.66. The van der Waals surface area contributed by atoms with Gasteiger partial charge in [0.2, 0.25) is 0 Å². The lowest BCUT2D eigenvalue weighted by Gasteiger charge is -2.04. The van der Waals surface area contributed by atoms with Crippen LogP contribution in [0, 0.1) is 11.8 Å². The Morgan fingerprint density at radius 2 is 1.15 bits per heavy atom. The number of hydrogen-bond donors (Lipinski definition) is 1. The van der Waals surface area contributed by atoms with Gasteiger partial charge in [-0.15, -0.1) is 0 Å². The lowest BCUT2D eigenvalue weighted by atomic mass is 10.0. The number of rotatable bonds is 15. The third-order valence-electron chi connectivity index (χ3n) is 4.15. The Morgan fingerprint density at radius 1 is 0.731 bits per heavy atom. The summed E-state index contributed by atoms with van der Waals surface area (Å²) in [4.78, 5) is 20.6. The first-order valence-electron chi connectivity index (χ1n) is 10.6. The van der Waals surface area contributed by atoms with Gasteiger partial charge < -0.3 is 9.84 Å². The lowest BCUT2D eigenvalue weighted by molar-refractivity contribution is -0.141. The highest BCUT2D eigenvalue weighted by Crippen LogP contribution is 2.11. The molecule has 0 amide bonds. The predicted octanol–water partition coefficient (Wildman–Crippen LogP) is 6.61. The van der Waals surface area contributed by atoms with Gasteiger partial charge in [0.1, 0.15) is 0 Å². The molecule has 0 radical (unpaired) electrons. The van der Waals surface area contributed by atoms with Crippen molar-refractivity contribution in [3.05, 3.63) is 0 Å². The fourth-order valence-corrected chi connectivity index (χ4v) is 2.58. The molecule has 0 aliphatic heterocycles. The number of carboxylic acids is 1. The second kappa shape index (κ2) is 20.3. The zero-order valence-corrected chi connectivity index (χ0v) is 18.0. The first kappa shape index (κ1) is 27.2. The molecule has 0 saturated heterocycles. The van der Waals surface area contributed by atoms with Crippen LogP contribution in [0.4, 0.5) is 0 Å². The second-order valence-electron chi connectivity index (χ2n) is 8.03. The molecule has 0 bridgehead atoms. The van der Waals surface area contributed by atoms with Crippen LogP contribution in [0.15, 0.2) is 0 Å². The van der Waals surface area contributed by atoms with Gasteiger partial charge >= 0.3 is 11.9 Å². The Hall–Kier alpha value is -1.06. The van der Waals surface area contributed by atoms with Crippen molar-refractivity contribution in [1.29, 1.82) is 0 Å². The third-order valence-corrected chi connectivity index (χ3v) is 4.15. The molecule has 0 rings (SSSR count). The van der Waals surface area contributed by atoms with Crippen molar-refractivity contribution in [3.63, 3.8) is 0 Å². The number of unbranched alkanes of at least 4 members (excludes halogenated alkanes) is 7. The van der Waals surface area contributed by atoms with Crippen molar-refractivity contribution in [3.8, 4) is 0 Å². The summed E-state index contributed by atoms with van der Waals surface area (Å²) in [5, 5.41) is 8.39. The van der Waals surface area contributed by atoms with Gasteiger partial charge in [-0.25, -0.2) is 0 Å². The largest absolute Gasteiger partial charge is 0.481 e.